The second-order valence-corrected chi connectivity index (χ2v) is 4.67. The lowest BCUT2D eigenvalue weighted by molar-refractivity contribution is 0.0992. The predicted octanol–water partition coefficient (Wildman–Crippen LogP) is 2.93. The van der Waals surface area contributed by atoms with Gasteiger partial charge >= 0.3 is 0 Å². The summed E-state index contributed by atoms with van der Waals surface area (Å²) in [6, 6.07) is 15.8. The zero-order valence-electron chi connectivity index (χ0n) is 10.7. The van der Waals surface area contributed by atoms with Crippen LogP contribution >= 0.6 is 0 Å². The van der Waals surface area contributed by atoms with Crippen LogP contribution < -0.4 is 5.73 Å². The monoisotopic (exact) mass is 268 g/mol. The zero-order chi connectivity index (χ0) is 14.1. The van der Waals surface area contributed by atoms with Gasteiger partial charge in [-0.05, 0) is 29.8 Å². The zero-order valence-corrected chi connectivity index (χ0v) is 10.7. The van der Waals surface area contributed by atoms with Gasteiger partial charge in [-0.1, -0.05) is 30.3 Å². The van der Waals surface area contributed by atoms with Gasteiger partial charge in [0.15, 0.2) is 0 Å². The van der Waals surface area contributed by atoms with E-state index in [1.165, 1.54) is 12.1 Å². The third kappa shape index (κ3) is 2.16. The molecule has 0 atom stereocenters. The molecule has 3 aromatic rings. The Kier molecular flexibility index (Phi) is 2.99. The van der Waals surface area contributed by atoms with Crippen molar-refractivity contribution in [2.24, 2.45) is 5.73 Å². The first-order valence-corrected chi connectivity index (χ1v) is 6.27. The van der Waals surface area contributed by atoms with E-state index in [2.05, 4.69) is 0 Å². The van der Waals surface area contributed by atoms with Crippen LogP contribution in [0.1, 0.15) is 16.1 Å². The van der Waals surface area contributed by atoms with E-state index in [1.54, 1.807) is 16.7 Å². The summed E-state index contributed by atoms with van der Waals surface area (Å²) in [7, 11) is 0. The lowest BCUT2D eigenvalue weighted by Gasteiger charge is -2.09. The van der Waals surface area contributed by atoms with Gasteiger partial charge in [0, 0.05) is 11.9 Å². The number of amides is 1. The van der Waals surface area contributed by atoms with Crippen molar-refractivity contribution in [3.8, 4) is 0 Å². The van der Waals surface area contributed by atoms with Crippen LogP contribution in [0.4, 0.5) is 4.39 Å². The van der Waals surface area contributed by atoms with E-state index in [-0.39, 0.29) is 5.82 Å². The molecule has 0 aliphatic heterocycles. The number of carbonyl (C=O) groups is 1. The number of nitrogens with two attached hydrogens (primary N) is 1. The molecule has 3 nitrogen and oxygen atoms in total. The lowest BCUT2D eigenvalue weighted by atomic mass is 10.2. The Morgan fingerprint density at radius 1 is 1.10 bits per heavy atom. The Morgan fingerprint density at radius 3 is 2.55 bits per heavy atom. The highest BCUT2D eigenvalue weighted by molar-refractivity contribution is 5.97. The molecule has 0 spiro atoms. The molecule has 2 aromatic carbocycles. The molecule has 0 saturated heterocycles. The number of nitrogens with zero attached hydrogens (tertiary/aromatic N) is 1. The van der Waals surface area contributed by atoms with Gasteiger partial charge < -0.3 is 10.3 Å². The van der Waals surface area contributed by atoms with Crippen molar-refractivity contribution >= 4 is 16.8 Å². The van der Waals surface area contributed by atoms with Crippen LogP contribution in [0.25, 0.3) is 10.9 Å². The molecule has 0 saturated carbocycles. The summed E-state index contributed by atoms with van der Waals surface area (Å²) in [6.07, 6.45) is 0. The number of halogens is 1. The SMILES string of the molecule is NC(=O)c1cc2ccc(F)cc2n1Cc1ccccc1. The minimum absolute atomic E-state index is 0.332. The average molecular weight is 268 g/mol. The molecular weight excluding hydrogens is 255 g/mol. The Bertz CT molecular complexity index is 778. The minimum atomic E-state index is -0.516. The number of carbonyl (C=O) groups excluding carboxylic acids is 1. The van der Waals surface area contributed by atoms with Crippen LogP contribution in [0.2, 0.25) is 0 Å². The van der Waals surface area contributed by atoms with Gasteiger partial charge in [-0.15, -0.1) is 0 Å². The number of fused-ring (bicyclic) bond motifs is 1. The van der Waals surface area contributed by atoms with E-state index in [4.69, 9.17) is 5.73 Å². The quantitative estimate of drug-likeness (QED) is 0.780. The molecule has 4 heteroatoms. The van der Waals surface area contributed by atoms with Gasteiger partial charge in [0.25, 0.3) is 5.91 Å². The van der Waals surface area contributed by atoms with Gasteiger partial charge in [0.1, 0.15) is 11.5 Å². The Balaban J connectivity index is 2.18. The van der Waals surface area contributed by atoms with E-state index in [9.17, 15) is 9.18 Å². The van der Waals surface area contributed by atoms with Gasteiger partial charge in [-0.3, -0.25) is 4.79 Å². The first-order valence-electron chi connectivity index (χ1n) is 6.27. The van der Waals surface area contributed by atoms with Crippen molar-refractivity contribution in [1.29, 1.82) is 0 Å². The topological polar surface area (TPSA) is 48.0 Å². The van der Waals surface area contributed by atoms with Crippen molar-refractivity contribution in [2.45, 2.75) is 6.54 Å². The van der Waals surface area contributed by atoms with Crippen molar-refractivity contribution in [2.75, 3.05) is 0 Å². The normalized spacial score (nSPS) is 10.8. The Morgan fingerprint density at radius 2 is 1.85 bits per heavy atom. The average Bonchev–Trinajstić information content (AvgIpc) is 2.78. The fourth-order valence-corrected chi connectivity index (χ4v) is 2.37. The van der Waals surface area contributed by atoms with Crippen LogP contribution in [0.5, 0.6) is 0 Å². The van der Waals surface area contributed by atoms with E-state index in [1.807, 2.05) is 30.3 Å². The maximum absolute atomic E-state index is 13.4. The highest BCUT2D eigenvalue weighted by atomic mass is 19.1. The first-order chi connectivity index (χ1) is 9.65. The molecule has 1 amide bonds. The summed E-state index contributed by atoms with van der Waals surface area (Å²) in [5.41, 5.74) is 7.49. The van der Waals surface area contributed by atoms with Crippen molar-refractivity contribution in [3.63, 3.8) is 0 Å². The largest absolute Gasteiger partial charge is 0.364 e. The fourth-order valence-electron chi connectivity index (χ4n) is 2.37. The fraction of sp³-hybridized carbons (Fsp3) is 0.0625. The third-order valence-electron chi connectivity index (χ3n) is 3.30. The number of rotatable bonds is 3. The van der Waals surface area contributed by atoms with Crippen LogP contribution in [0.15, 0.2) is 54.6 Å². The van der Waals surface area contributed by atoms with Gasteiger partial charge in [0.05, 0.1) is 5.52 Å². The molecule has 2 N–H and O–H groups in total. The first kappa shape index (κ1) is 12.4. The maximum atomic E-state index is 13.4. The summed E-state index contributed by atoms with van der Waals surface area (Å²) in [5.74, 6) is -0.849. The van der Waals surface area contributed by atoms with E-state index in [0.717, 1.165) is 10.9 Å². The second kappa shape index (κ2) is 4.81. The van der Waals surface area contributed by atoms with E-state index in [0.29, 0.717) is 17.8 Å². The second-order valence-electron chi connectivity index (χ2n) is 4.67. The third-order valence-corrected chi connectivity index (χ3v) is 3.30. The van der Waals surface area contributed by atoms with Crippen LogP contribution in [-0.2, 0) is 6.54 Å². The molecule has 20 heavy (non-hydrogen) atoms. The smallest absolute Gasteiger partial charge is 0.265 e. The summed E-state index contributed by atoms with van der Waals surface area (Å²) in [4.78, 5) is 11.6. The molecule has 100 valence electrons. The van der Waals surface area contributed by atoms with Crippen molar-refractivity contribution in [1.82, 2.24) is 4.57 Å². The molecule has 1 heterocycles. The predicted molar refractivity (Wildman–Crippen MR) is 76.0 cm³/mol. The lowest BCUT2D eigenvalue weighted by Crippen LogP contribution is -2.17. The number of primary amides is 1. The molecule has 0 fully saturated rings. The molecule has 0 bridgehead atoms. The van der Waals surface area contributed by atoms with Crippen molar-refractivity contribution in [3.05, 3.63) is 71.7 Å². The van der Waals surface area contributed by atoms with Gasteiger partial charge in [-0.2, -0.15) is 0 Å². The van der Waals surface area contributed by atoms with Gasteiger partial charge in [-0.25, -0.2) is 4.39 Å². The van der Waals surface area contributed by atoms with Crippen LogP contribution in [0, 0.1) is 5.82 Å². The number of hydrogen-bond donors (Lipinski definition) is 1. The maximum Gasteiger partial charge on any atom is 0.265 e. The minimum Gasteiger partial charge on any atom is -0.364 e. The van der Waals surface area contributed by atoms with E-state index >= 15 is 0 Å². The van der Waals surface area contributed by atoms with E-state index < -0.39 is 5.91 Å². The molecule has 0 radical (unpaired) electrons. The molecule has 3 rings (SSSR count). The highest BCUT2D eigenvalue weighted by Gasteiger charge is 2.13. The molecule has 0 unspecified atom stereocenters. The standard InChI is InChI=1S/C16H13FN2O/c17-13-7-6-12-8-15(16(18)20)19(14(12)9-13)10-11-4-2-1-3-5-11/h1-9H,10H2,(H2,18,20). The van der Waals surface area contributed by atoms with Crippen LogP contribution in [-0.4, -0.2) is 10.5 Å². The number of aromatic nitrogens is 1. The summed E-state index contributed by atoms with van der Waals surface area (Å²) >= 11 is 0. The summed E-state index contributed by atoms with van der Waals surface area (Å²) in [5, 5.41) is 0.802. The Labute approximate surface area is 115 Å². The number of hydrogen-bond acceptors (Lipinski definition) is 1. The Hall–Kier alpha value is -2.62. The molecule has 0 aliphatic rings. The summed E-state index contributed by atoms with van der Waals surface area (Å²) in [6.45, 7) is 0.478. The van der Waals surface area contributed by atoms with Gasteiger partial charge in [0.2, 0.25) is 0 Å². The molecular formula is C16H13FN2O. The van der Waals surface area contributed by atoms with Crippen LogP contribution in [0.3, 0.4) is 0 Å². The molecule has 0 aliphatic carbocycles. The summed E-state index contributed by atoms with van der Waals surface area (Å²) < 4.78 is 15.2. The van der Waals surface area contributed by atoms with Crippen molar-refractivity contribution < 1.29 is 9.18 Å². The highest BCUT2D eigenvalue weighted by Crippen LogP contribution is 2.22. The molecule has 1 aromatic heterocycles. The number of benzene rings is 2.